The Kier molecular flexibility index (Phi) is 6.17. The summed E-state index contributed by atoms with van der Waals surface area (Å²) >= 11 is 5.94. The Morgan fingerprint density at radius 3 is 2.39 bits per heavy atom. The molecule has 1 aromatic heterocycles. The Hall–Kier alpha value is -3.69. The van der Waals surface area contributed by atoms with E-state index in [0.29, 0.717) is 44.8 Å². The summed E-state index contributed by atoms with van der Waals surface area (Å²) in [7, 11) is -3.90. The van der Waals surface area contributed by atoms with E-state index >= 15 is 0 Å². The average Bonchev–Trinajstić information content (AvgIpc) is 3.21. The number of carbonyl (C=O) groups is 1. The normalized spacial score (nSPS) is 11.2. The number of rotatable bonds is 6. The molecule has 33 heavy (non-hydrogen) atoms. The van der Waals surface area contributed by atoms with Crippen molar-refractivity contribution in [1.29, 1.82) is 0 Å². The number of anilines is 2. The van der Waals surface area contributed by atoms with Crippen molar-refractivity contribution in [1.82, 2.24) is 10.1 Å². The van der Waals surface area contributed by atoms with Crippen molar-refractivity contribution in [2.45, 2.75) is 18.7 Å². The van der Waals surface area contributed by atoms with Gasteiger partial charge in [0.2, 0.25) is 0 Å². The molecule has 1 heterocycles. The molecule has 0 fully saturated rings. The zero-order chi connectivity index (χ0) is 23.6. The first-order valence-electron chi connectivity index (χ1n) is 9.82. The summed E-state index contributed by atoms with van der Waals surface area (Å²) in [5.41, 5.74) is 2.28. The van der Waals surface area contributed by atoms with Crippen molar-refractivity contribution in [2.75, 3.05) is 10.0 Å². The summed E-state index contributed by atoms with van der Waals surface area (Å²) in [4.78, 5) is 16.9. The summed E-state index contributed by atoms with van der Waals surface area (Å²) in [6.07, 6.45) is 0. The number of benzene rings is 3. The largest absolute Gasteiger partial charge is 0.334 e. The van der Waals surface area contributed by atoms with E-state index in [4.69, 9.17) is 16.1 Å². The van der Waals surface area contributed by atoms with Crippen LogP contribution in [0, 0.1) is 13.8 Å². The molecule has 0 unspecified atom stereocenters. The van der Waals surface area contributed by atoms with Gasteiger partial charge in [-0.25, -0.2) is 8.42 Å². The quantitative estimate of drug-likeness (QED) is 0.397. The second-order valence-corrected chi connectivity index (χ2v) is 9.36. The second-order valence-electron chi connectivity index (χ2n) is 7.27. The Morgan fingerprint density at radius 1 is 0.970 bits per heavy atom. The molecule has 168 valence electrons. The van der Waals surface area contributed by atoms with Crippen molar-refractivity contribution < 1.29 is 17.7 Å². The SMILES string of the molecule is Cc1noc(-c2ccc(C(=O)Nc3ccc(C)c(S(=O)(=O)Nc4cccc(Cl)c4)c3)cc2)n1. The maximum atomic E-state index is 12.9. The maximum Gasteiger partial charge on any atom is 0.262 e. The number of aromatic nitrogens is 2. The number of halogens is 1. The standard InChI is InChI=1S/C23H19ClN4O4S/c1-14-6-11-19(13-21(14)33(30,31)28-20-5-3-4-18(24)12-20)26-22(29)16-7-9-17(10-8-16)23-25-15(2)27-32-23/h3-13,28H,1-2H3,(H,26,29). The topological polar surface area (TPSA) is 114 Å². The summed E-state index contributed by atoms with van der Waals surface area (Å²) in [5.74, 6) is 0.486. The highest BCUT2D eigenvalue weighted by molar-refractivity contribution is 7.92. The highest BCUT2D eigenvalue weighted by atomic mass is 35.5. The molecule has 0 aliphatic rings. The van der Waals surface area contributed by atoms with Gasteiger partial charge < -0.3 is 9.84 Å². The lowest BCUT2D eigenvalue weighted by Gasteiger charge is -2.13. The first kappa shape index (κ1) is 22.5. The van der Waals surface area contributed by atoms with E-state index in [1.165, 1.54) is 12.1 Å². The highest BCUT2D eigenvalue weighted by Gasteiger charge is 2.19. The van der Waals surface area contributed by atoms with Crippen LogP contribution in [0.2, 0.25) is 5.02 Å². The van der Waals surface area contributed by atoms with E-state index in [1.54, 1.807) is 68.4 Å². The molecule has 0 atom stereocenters. The summed E-state index contributed by atoms with van der Waals surface area (Å²) < 4.78 is 33.5. The first-order chi connectivity index (χ1) is 15.7. The molecule has 0 bridgehead atoms. The van der Waals surface area contributed by atoms with Crippen LogP contribution in [0.5, 0.6) is 0 Å². The molecule has 8 nitrogen and oxygen atoms in total. The second kappa shape index (κ2) is 9.05. The lowest BCUT2D eigenvalue weighted by Crippen LogP contribution is -2.16. The van der Waals surface area contributed by atoms with Crippen molar-refractivity contribution in [3.8, 4) is 11.5 Å². The molecule has 3 aromatic carbocycles. The Labute approximate surface area is 195 Å². The fourth-order valence-corrected chi connectivity index (χ4v) is 4.62. The third-order valence-electron chi connectivity index (χ3n) is 4.73. The van der Waals surface area contributed by atoms with Gasteiger partial charge in [-0.3, -0.25) is 9.52 Å². The van der Waals surface area contributed by atoms with Crippen LogP contribution in [-0.4, -0.2) is 24.5 Å². The molecule has 1 amide bonds. The van der Waals surface area contributed by atoms with Crippen molar-refractivity contribution in [3.63, 3.8) is 0 Å². The summed E-state index contributed by atoms with van der Waals surface area (Å²) in [5, 5.41) is 6.89. The van der Waals surface area contributed by atoms with Gasteiger partial charge in [0.25, 0.3) is 21.8 Å². The zero-order valence-electron chi connectivity index (χ0n) is 17.7. The molecule has 0 saturated heterocycles. The number of nitrogens with one attached hydrogen (secondary N) is 2. The van der Waals surface area contributed by atoms with Crippen LogP contribution in [-0.2, 0) is 10.0 Å². The first-order valence-corrected chi connectivity index (χ1v) is 11.7. The molecule has 10 heteroatoms. The molecular formula is C23H19ClN4O4S. The zero-order valence-corrected chi connectivity index (χ0v) is 19.2. The molecule has 0 aliphatic heterocycles. The number of aryl methyl sites for hydroxylation is 2. The molecule has 0 radical (unpaired) electrons. The summed E-state index contributed by atoms with van der Waals surface area (Å²) in [6.45, 7) is 3.39. The molecule has 4 rings (SSSR count). The molecule has 0 saturated carbocycles. The maximum absolute atomic E-state index is 12.9. The van der Waals surface area contributed by atoms with Crippen LogP contribution in [0.25, 0.3) is 11.5 Å². The fourth-order valence-electron chi connectivity index (χ4n) is 3.11. The van der Waals surface area contributed by atoms with E-state index in [2.05, 4.69) is 20.2 Å². The number of sulfonamides is 1. The van der Waals surface area contributed by atoms with E-state index in [1.807, 2.05) is 0 Å². The number of hydrogen-bond donors (Lipinski definition) is 2. The van der Waals surface area contributed by atoms with Crippen molar-refractivity contribution >= 4 is 38.9 Å². The monoisotopic (exact) mass is 482 g/mol. The summed E-state index contributed by atoms with van der Waals surface area (Å²) in [6, 6.07) is 17.7. The number of hydrogen-bond acceptors (Lipinski definition) is 6. The van der Waals surface area contributed by atoms with E-state index in [-0.39, 0.29) is 4.90 Å². The third kappa shape index (κ3) is 5.21. The smallest absolute Gasteiger partial charge is 0.262 e. The van der Waals surface area contributed by atoms with Gasteiger partial charge in [0.15, 0.2) is 5.82 Å². The lowest BCUT2D eigenvalue weighted by atomic mass is 10.1. The minimum absolute atomic E-state index is 0.0439. The average molecular weight is 483 g/mol. The van der Waals surface area contributed by atoms with Crippen molar-refractivity contribution in [3.05, 3.63) is 88.7 Å². The minimum atomic E-state index is -3.90. The van der Waals surface area contributed by atoms with Gasteiger partial charge in [-0.1, -0.05) is 28.9 Å². The molecule has 4 aromatic rings. The van der Waals surface area contributed by atoms with Crippen LogP contribution in [0.1, 0.15) is 21.7 Å². The molecular weight excluding hydrogens is 464 g/mol. The van der Waals surface area contributed by atoms with Gasteiger partial charge in [-0.05, 0) is 74.0 Å². The van der Waals surface area contributed by atoms with Gasteiger partial charge in [0.05, 0.1) is 10.6 Å². The van der Waals surface area contributed by atoms with Gasteiger partial charge in [-0.2, -0.15) is 4.98 Å². The third-order valence-corrected chi connectivity index (χ3v) is 6.49. The van der Waals surface area contributed by atoms with Crippen LogP contribution >= 0.6 is 11.6 Å². The highest BCUT2D eigenvalue weighted by Crippen LogP contribution is 2.25. The predicted molar refractivity (Wildman–Crippen MR) is 126 cm³/mol. The molecule has 0 aliphatic carbocycles. The Morgan fingerprint density at radius 2 is 1.73 bits per heavy atom. The fraction of sp³-hybridized carbons (Fsp3) is 0.0870. The predicted octanol–water partition coefficient (Wildman–Crippen LogP) is 5.06. The van der Waals surface area contributed by atoms with Gasteiger partial charge >= 0.3 is 0 Å². The Balaban J connectivity index is 1.53. The Bertz CT molecular complexity index is 1430. The van der Waals surface area contributed by atoms with E-state index < -0.39 is 15.9 Å². The van der Waals surface area contributed by atoms with Crippen LogP contribution in [0.4, 0.5) is 11.4 Å². The minimum Gasteiger partial charge on any atom is -0.334 e. The van der Waals surface area contributed by atoms with E-state index in [0.717, 1.165) is 0 Å². The number of carbonyl (C=O) groups excluding carboxylic acids is 1. The van der Waals surface area contributed by atoms with Gasteiger partial charge in [0.1, 0.15) is 0 Å². The van der Waals surface area contributed by atoms with Gasteiger partial charge in [0, 0.05) is 21.8 Å². The molecule has 2 N–H and O–H groups in total. The van der Waals surface area contributed by atoms with E-state index in [9.17, 15) is 13.2 Å². The van der Waals surface area contributed by atoms with Crippen LogP contribution in [0.3, 0.4) is 0 Å². The number of amides is 1. The van der Waals surface area contributed by atoms with Crippen LogP contribution in [0.15, 0.2) is 76.1 Å². The number of nitrogens with zero attached hydrogens (tertiary/aromatic N) is 2. The lowest BCUT2D eigenvalue weighted by molar-refractivity contribution is 0.102. The van der Waals surface area contributed by atoms with Crippen molar-refractivity contribution in [2.24, 2.45) is 0 Å². The molecule has 0 spiro atoms. The van der Waals surface area contributed by atoms with Crippen LogP contribution < -0.4 is 10.0 Å². The van der Waals surface area contributed by atoms with Gasteiger partial charge in [-0.15, -0.1) is 0 Å².